The number of rotatable bonds is 6. The second-order valence-corrected chi connectivity index (χ2v) is 8.45. The molecule has 1 saturated heterocycles. The molecule has 8 nitrogen and oxygen atoms in total. The van der Waals surface area contributed by atoms with Crippen molar-refractivity contribution in [2.75, 3.05) is 20.8 Å². The molecule has 3 rings (SSSR count). The molecule has 150 valence electrons. The van der Waals surface area contributed by atoms with Crippen LogP contribution in [0, 0.1) is 17.0 Å². The van der Waals surface area contributed by atoms with Crippen molar-refractivity contribution < 1.29 is 22.8 Å². The number of benzene rings is 2. The maximum absolute atomic E-state index is 13.4. The molecule has 1 unspecified atom stereocenters. The molecule has 1 aliphatic rings. The highest BCUT2D eigenvalue weighted by Crippen LogP contribution is 2.42. The van der Waals surface area contributed by atoms with Crippen molar-refractivity contribution in [3.8, 4) is 11.5 Å². The molecule has 0 amide bonds. The number of aryl methyl sites for hydroxylation is 1. The summed E-state index contributed by atoms with van der Waals surface area (Å²) in [6, 6.07) is 8.77. The number of methoxy groups -OCH3 is 2. The lowest BCUT2D eigenvalue weighted by molar-refractivity contribution is -0.385. The monoisotopic (exact) mass is 406 g/mol. The average Bonchev–Trinajstić information content (AvgIpc) is 3.17. The molecule has 28 heavy (non-hydrogen) atoms. The molecule has 0 spiro atoms. The van der Waals surface area contributed by atoms with Gasteiger partial charge in [0.05, 0.1) is 30.1 Å². The molecule has 9 heteroatoms. The second kappa shape index (κ2) is 7.76. The van der Waals surface area contributed by atoms with Crippen molar-refractivity contribution in [2.45, 2.75) is 30.7 Å². The third kappa shape index (κ3) is 3.55. The molecule has 0 radical (unpaired) electrons. The van der Waals surface area contributed by atoms with Crippen molar-refractivity contribution in [2.24, 2.45) is 0 Å². The first kappa shape index (κ1) is 20.1. The lowest BCUT2D eigenvalue weighted by Crippen LogP contribution is -2.31. The van der Waals surface area contributed by atoms with Gasteiger partial charge in [-0.3, -0.25) is 10.1 Å². The normalized spacial score (nSPS) is 17.5. The first-order chi connectivity index (χ1) is 13.3. The lowest BCUT2D eigenvalue weighted by Gasteiger charge is -2.26. The number of hydrogen-bond donors (Lipinski definition) is 0. The van der Waals surface area contributed by atoms with Crippen molar-refractivity contribution in [3.63, 3.8) is 0 Å². The predicted octanol–water partition coefficient (Wildman–Crippen LogP) is 3.45. The predicted molar refractivity (Wildman–Crippen MR) is 103 cm³/mol. The number of non-ortho nitro benzene ring substituents is 1. The van der Waals surface area contributed by atoms with Crippen LogP contribution in [0.2, 0.25) is 0 Å². The number of nitrogens with zero attached hydrogens (tertiary/aromatic N) is 2. The lowest BCUT2D eigenvalue weighted by atomic mass is 10.0. The van der Waals surface area contributed by atoms with Crippen LogP contribution in [-0.2, 0) is 10.0 Å². The van der Waals surface area contributed by atoms with E-state index in [-0.39, 0.29) is 10.6 Å². The summed E-state index contributed by atoms with van der Waals surface area (Å²) in [7, 11) is -0.849. The van der Waals surface area contributed by atoms with Crippen LogP contribution in [0.15, 0.2) is 41.3 Å². The largest absolute Gasteiger partial charge is 0.497 e. The third-order valence-electron chi connectivity index (χ3n) is 4.97. The minimum atomic E-state index is -3.92. The van der Waals surface area contributed by atoms with Crippen LogP contribution < -0.4 is 9.47 Å². The molecular formula is C19H22N2O6S. The number of sulfonamides is 1. The first-order valence-electron chi connectivity index (χ1n) is 8.78. The van der Waals surface area contributed by atoms with Crippen LogP contribution in [0.25, 0.3) is 0 Å². The van der Waals surface area contributed by atoms with Gasteiger partial charge in [0.15, 0.2) is 0 Å². The standard InChI is InChI=1S/C19H22N2O6S/c1-13-6-7-14(21(22)23)11-19(13)28(24,25)20-10-4-5-17(20)16-9-8-15(26-2)12-18(16)27-3/h6-9,11-12,17H,4-5,10H2,1-3H3. The molecule has 0 aliphatic carbocycles. The Bertz CT molecular complexity index is 1010. The van der Waals surface area contributed by atoms with Gasteiger partial charge in [0.1, 0.15) is 11.5 Å². The van der Waals surface area contributed by atoms with Gasteiger partial charge in [0, 0.05) is 30.3 Å². The fourth-order valence-electron chi connectivity index (χ4n) is 3.54. The summed E-state index contributed by atoms with van der Waals surface area (Å²) in [5.41, 5.74) is 0.965. The van der Waals surface area contributed by atoms with E-state index in [0.717, 1.165) is 11.6 Å². The van der Waals surface area contributed by atoms with Gasteiger partial charge < -0.3 is 9.47 Å². The van der Waals surface area contributed by atoms with E-state index >= 15 is 0 Å². The Balaban J connectivity index is 2.06. The van der Waals surface area contributed by atoms with Crippen molar-refractivity contribution >= 4 is 15.7 Å². The molecule has 1 fully saturated rings. The van der Waals surface area contributed by atoms with Crippen LogP contribution in [0.5, 0.6) is 11.5 Å². The molecule has 0 saturated carbocycles. The van der Waals surface area contributed by atoms with E-state index in [1.165, 1.54) is 23.5 Å². The van der Waals surface area contributed by atoms with Gasteiger partial charge in [-0.1, -0.05) is 12.1 Å². The van der Waals surface area contributed by atoms with E-state index in [1.807, 2.05) is 0 Å². The highest BCUT2D eigenvalue weighted by molar-refractivity contribution is 7.89. The SMILES string of the molecule is COc1ccc(C2CCCN2S(=O)(=O)c2cc([N+](=O)[O-])ccc2C)c(OC)c1. The highest BCUT2D eigenvalue weighted by Gasteiger charge is 2.38. The van der Waals surface area contributed by atoms with E-state index < -0.39 is 21.0 Å². The summed E-state index contributed by atoms with van der Waals surface area (Å²) in [6.45, 7) is 1.97. The average molecular weight is 406 g/mol. The zero-order chi connectivity index (χ0) is 20.5. The maximum Gasteiger partial charge on any atom is 0.270 e. The second-order valence-electron chi connectivity index (χ2n) is 6.59. The van der Waals surface area contributed by atoms with Gasteiger partial charge in [-0.2, -0.15) is 4.31 Å². The number of hydrogen-bond acceptors (Lipinski definition) is 6. The fourth-order valence-corrected chi connectivity index (χ4v) is 5.46. The molecular weight excluding hydrogens is 384 g/mol. The zero-order valence-corrected chi connectivity index (χ0v) is 16.7. The van der Waals surface area contributed by atoms with Gasteiger partial charge in [-0.05, 0) is 31.4 Å². The minimum Gasteiger partial charge on any atom is -0.497 e. The van der Waals surface area contributed by atoms with Gasteiger partial charge in [0.25, 0.3) is 5.69 Å². The Morgan fingerprint density at radius 3 is 2.54 bits per heavy atom. The third-order valence-corrected chi connectivity index (χ3v) is 7.02. The number of nitro groups is 1. The highest BCUT2D eigenvalue weighted by atomic mass is 32.2. The topological polar surface area (TPSA) is 99.0 Å². The Morgan fingerprint density at radius 1 is 1.14 bits per heavy atom. The molecule has 1 atom stereocenters. The zero-order valence-electron chi connectivity index (χ0n) is 15.9. The summed E-state index contributed by atoms with van der Waals surface area (Å²) in [5, 5.41) is 11.1. The van der Waals surface area contributed by atoms with Crippen LogP contribution in [0.4, 0.5) is 5.69 Å². The van der Waals surface area contributed by atoms with E-state index in [0.29, 0.717) is 36.4 Å². The number of nitro benzene ring substituents is 1. The molecule has 1 heterocycles. The van der Waals surface area contributed by atoms with E-state index in [4.69, 9.17) is 9.47 Å². The quantitative estimate of drug-likeness (QED) is 0.538. The molecule has 0 bridgehead atoms. The Morgan fingerprint density at radius 2 is 1.89 bits per heavy atom. The smallest absolute Gasteiger partial charge is 0.270 e. The first-order valence-corrected chi connectivity index (χ1v) is 10.2. The summed E-state index contributed by atoms with van der Waals surface area (Å²) in [4.78, 5) is 10.5. The van der Waals surface area contributed by atoms with Crippen molar-refractivity contribution in [1.29, 1.82) is 0 Å². The number of ether oxygens (including phenoxy) is 2. The van der Waals surface area contributed by atoms with Crippen LogP contribution in [0.3, 0.4) is 0 Å². The molecule has 0 N–H and O–H groups in total. The van der Waals surface area contributed by atoms with E-state index in [2.05, 4.69) is 0 Å². The Kier molecular flexibility index (Phi) is 5.57. The van der Waals surface area contributed by atoms with Gasteiger partial charge in [-0.15, -0.1) is 0 Å². The Hall–Kier alpha value is -2.65. The summed E-state index contributed by atoms with van der Waals surface area (Å²) in [5.74, 6) is 1.16. The van der Waals surface area contributed by atoms with Crippen LogP contribution in [0.1, 0.15) is 30.0 Å². The van der Waals surface area contributed by atoms with Crippen molar-refractivity contribution in [1.82, 2.24) is 4.31 Å². The van der Waals surface area contributed by atoms with Gasteiger partial charge in [0.2, 0.25) is 10.0 Å². The fraction of sp³-hybridized carbons (Fsp3) is 0.368. The van der Waals surface area contributed by atoms with Crippen molar-refractivity contribution in [3.05, 3.63) is 57.6 Å². The summed E-state index contributed by atoms with van der Waals surface area (Å²) in [6.07, 6.45) is 1.32. The molecule has 2 aromatic carbocycles. The molecule has 2 aromatic rings. The van der Waals surface area contributed by atoms with E-state index in [9.17, 15) is 18.5 Å². The maximum atomic E-state index is 13.4. The minimum absolute atomic E-state index is 0.0407. The van der Waals surface area contributed by atoms with Crippen LogP contribution in [-0.4, -0.2) is 38.4 Å². The molecule has 1 aliphatic heterocycles. The Labute approximate surface area is 163 Å². The van der Waals surface area contributed by atoms with Gasteiger partial charge in [-0.25, -0.2) is 8.42 Å². The van der Waals surface area contributed by atoms with E-state index in [1.54, 1.807) is 32.2 Å². The van der Waals surface area contributed by atoms with Gasteiger partial charge >= 0.3 is 0 Å². The van der Waals surface area contributed by atoms with Crippen LogP contribution >= 0.6 is 0 Å². The summed E-state index contributed by atoms with van der Waals surface area (Å²) < 4.78 is 38.8. The molecule has 0 aromatic heterocycles. The summed E-state index contributed by atoms with van der Waals surface area (Å²) >= 11 is 0.